The average Bonchev–Trinajstić information content (AvgIpc) is 2.61. The highest BCUT2D eigenvalue weighted by molar-refractivity contribution is 9.10. The van der Waals surface area contributed by atoms with Gasteiger partial charge in [-0.1, -0.05) is 34.1 Å². The number of amides is 1. The van der Waals surface area contributed by atoms with E-state index in [1.807, 2.05) is 37.3 Å². The van der Waals surface area contributed by atoms with Crippen LogP contribution in [-0.4, -0.2) is 31.0 Å². The van der Waals surface area contributed by atoms with Gasteiger partial charge in [-0.05, 0) is 54.3 Å². The van der Waals surface area contributed by atoms with Gasteiger partial charge in [0.1, 0.15) is 5.75 Å². The van der Waals surface area contributed by atoms with Crippen molar-refractivity contribution in [3.05, 3.63) is 63.6 Å². The highest BCUT2D eigenvalue weighted by Gasteiger charge is 2.20. The van der Waals surface area contributed by atoms with Crippen LogP contribution in [-0.2, 0) is 17.8 Å². The molecule has 0 spiro atoms. The number of ether oxygens (including phenoxy) is 1. The molecular formula is C20H23BrN2O2. The van der Waals surface area contributed by atoms with Gasteiger partial charge in [-0.3, -0.25) is 9.69 Å². The van der Waals surface area contributed by atoms with Crippen molar-refractivity contribution in [2.24, 2.45) is 0 Å². The Balaban J connectivity index is 1.57. The smallest absolute Gasteiger partial charge is 0.234 e. The number of methoxy groups -OCH3 is 1. The Hall–Kier alpha value is -1.85. The number of hydrogen-bond donors (Lipinski definition) is 1. The van der Waals surface area contributed by atoms with Gasteiger partial charge in [-0.15, -0.1) is 0 Å². The number of carbonyl (C=O) groups is 1. The highest BCUT2D eigenvalue weighted by atomic mass is 79.9. The molecule has 2 aromatic rings. The van der Waals surface area contributed by atoms with Gasteiger partial charge in [0, 0.05) is 17.6 Å². The largest absolute Gasteiger partial charge is 0.497 e. The molecule has 1 atom stereocenters. The zero-order valence-electron chi connectivity index (χ0n) is 14.6. The van der Waals surface area contributed by atoms with Gasteiger partial charge >= 0.3 is 0 Å². The first kappa shape index (κ1) is 18.0. The molecule has 1 aliphatic rings. The number of hydrogen-bond acceptors (Lipinski definition) is 3. The Morgan fingerprint density at radius 3 is 2.72 bits per heavy atom. The van der Waals surface area contributed by atoms with Gasteiger partial charge in [-0.2, -0.15) is 0 Å². The van der Waals surface area contributed by atoms with Crippen LogP contribution in [0.2, 0.25) is 0 Å². The van der Waals surface area contributed by atoms with Crippen LogP contribution in [0.4, 0.5) is 0 Å². The van der Waals surface area contributed by atoms with Crippen molar-refractivity contribution in [1.29, 1.82) is 0 Å². The monoisotopic (exact) mass is 402 g/mol. The zero-order valence-corrected chi connectivity index (χ0v) is 16.2. The molecule has 1 N–H and O–H groups in total. The standard InChI is InChI=1S/C20H23BrN2O2/c1-14(15-3-6-18(21)7-4-15)22-20(24)13-23-10-9-16-5-8-19(25-2)11-17(16)12-23/h3-8,11,14H,9-10,12-13H2,1-2H3,(H,22,24). The fraction of sp³-hybridized carbons (Fsp3) is 0.350. The summed E-state index contributed by atoms with van der Waals surface area (Å²) in [4.78, 5) is 14.6. The minimum Gasteiger partial charge on any atom is -0.497 e. The highest BCUT2D eigenvalue weighted by Crippen LogP contribution is 2.23. The molecule has 132 valence electrons. The summed E-state index contributed by atoms with van der Waals surface area (Å²) in [5.41, 5.74) is 3.70. The van der Waals surface area contributed by atoms with E-state index in [0.717, 1.165) is 35.3 Å². The molecule has 4 nitrogen and oxygen atoms in total. The molecular weight excluding hydrogens is 380 g/mol. The lowest BCUT2D eigenvalue weighted by Gasteiger charge is -2.29. The molecule has 5 heteroatoms. The first-order valence-electron chi connectivity index (χ1n) is 8.48. The Morgan fingerprint density at radius 1 is 1.24 bits per heavy atom. The summed E-state index contributed by atoms with van der Waals surface area (Å²) in [5.74, 6) is 0.927. The maximum absolute atomic E-state index is 12.4. The SMILES string of the molecule is COc1ccc2c(c1)CN(CC(=O)NC(C)c1ccc(Br)cc1)CC2. The van der Waals surface area contributed by atoms with Crippen molar-refractivity contribution < 1.29 is 9.53 Å². The van der Waals surface area contributed by atoms with E-state index >= 15 is 0 Å². The zero-order chi connectivity index (χ0) is 17.8. The Morgan fingerprint density at radius 2 is 2.00 bits per heavy atom. The van der Waals surface area contributed by atoms with E-state index in [2.05, 4.69) is 38.3 Å². The van der Waals surface area contributed by atoms with E-state index in [9.17, 15) is 4.79 Å². The van der Waals surface area contributed by atoms with Crippen molar-refractivity contribution in [2.75, 3.05) is 20.2 Å². The summed E-state index contributed by atoms with van der Waals surface area (Å²) in [6, 6.07) is 14.2. The lowest BCUT2D eigenvalue weighted by molar-refractivity contribution is -0.123. The second-order valence-electron chi connectivity index (χ2n) is 6.44. The van der Waals surface area contributed by atoms with E-state index in [-0.39, 0.29) is 11.9 Å². The van der Waals surface area contributed by atoms with Crippen LogP contribution in [0.1, 0.15) is 29.7 Å². The molecule has 0 radical (unpaired) electrons. The topological polar surface area (TPSA) is 41.6 Å². The Labute approximate surface area is 157 Å². The summed E-state index contributed by atoms with van der Waals surface area (Å²) >= 11 is 3.43. The molecule has 1 heterocycles. The number of carbonyl (C=O) groups excluding carboxylic acids is 1. The molecule has 0 saturated carbocycles. The number of rotatable bonds is 5. The third-order valence-electron chi connectivity index (χ3n) is 4.62. The quantitative estimate of drug-likeness (QED) is 0.828. The van der Waals surface area contributed by atoms with E-state index in [1.165, 1.54) is 11.1 Å². The Kier molecular flexibility index (Phi) is 5.76. The Bertz CT molecular complexity index is 746. The minimum absolute atomic E-state index is 0.00206. The lowest BCUT2D eigenvalue weighted by atomic mass is 9.99. The fourth-order valence-corrected chi connectivity index (χ4v) is 3.44. The molecule has 1 aliphatic heterocycles. The van der Waals surface area contributed by atoms with Crippen molar-refractivity contribution in [2.45, 2.75) is 25.9 Å². The molecule has 1 amide bonds. The van der Waals surface area contributed by atoms with Gasteiger partial charge < -0.3 is 10.1 Å². The average molecular weight is 403 g/mol. The number of nitrogens with zero attached hydrogens (tertiary/aromatic N) is 1. The van der Waals surface area contributed by atoms with Crippen LogP contribution < -0.4 is 10.1 Å². The van der Waals surface area contributed by atoms with Crippen LogP contribution in [0, 0.1) is 0 Å². The third-order valence-corrected chi connectivity index (χ3v) is 5.15. The van der Waals surface area contributed by atoms with Crippen LogP contribution >= 0.6 is 15.9 Å². The fourth-order valence-electron chi connectivity index (χ4n) is 3.18. The van der Waals surface area contributed by atoms with Gasteiger partial charge in [0.15, 0.2) is 0 Å². The molecule has 25 heavy (non-hydrogen) atoms. The van der Waals surface area contributed by atoms with E-state index in [4.69, 9.17) is 4.74 Å². The van der Waals surface area contributed by atoms with Crippen LogP contribution in [0.25, 0.3) is 0 Å². The summed E-state index contributed by atoms with van der Waals surface area (Å²) in [5, 5.41) is 3.09. The second-order valence-corrected chi connectivity index (χ2v) is 7.35. The summed E-state index contributed by atoms with van der Waals surface area (Å²) < 4.78 is 6.34. The number of nitrogens with one attached hydrogen (secondary N) is 1. The molecule has 0 aromatic heterocycles. The van der Waals surface area contributed by atoms with Crippen molar-refractivity contribution >= 4 is 21.8 Å². The van der Waals surface area contributed by atoms with Crippen LogP contribution in [0.15, 0.2) is 46.9 Å². The predicted octanol–water partition coefficient (Wildman–Crippen LogP) is 3.69. The molecule has 0 aliphatic carbocycles. The van der Waals surface area contributed by atoms with E-state index < -0.39 is 0 Å². The van der Waals surface area contributed by atoms with Crippen LogP contribution in [0.5, 0.6) is 5.75 Å². The first-order valence-corrected chi connectivity index (χ1v) is 9.27. The molecule has 0 fully saturated rings. The summed E-state index contributed by atoms with van der Waals surface area (Å²) in [6.45, 7) is 4.11. The lowest BCUT2D eigenvalue weighted by Crippen LogP contribution is -2.40. The predicted molar refractivity (Wildman–Crippen MR) is 103 cm³/mol. The maximum Gasteiger partial charge on any atom is 0.234 e. The van der Waals surface area contributed by atoms with Gasteiger partial charge in [0.2, 0.25) is 5.91 Å². The first-order chi connectivity index (χ1) is 12.0. The van der Waals surface area contributed by atoms with Crippen molar-refractivity contribution in [3.8, 4) is 5.75 Å². The minimum atomic E-state index is -0.00206. The van der Waals surface area contributed by atoms with Gasteiger partial charge in [-0.25, -0.2) is 0 Å². The second kappa shape index (κ2) is 8.02. The van der Waals surface area contributed by atoms with Crippen molar-refractivity contribution in [3.63, 3.8) is 0 Å². The van der Waals surface area contributed by atoms with Crippen LogP contribution in [0.3, 0.4) is 0 Å². The summed E-state index contributed by atoms with van der Waals surface area (Å²) in [7, 11) is 1.68. The third kappa shape index (κ3) is 4.61. The van der Waals surface area contributed by atoms with Gasteiger partial charge in [0.05, 0.1) is 19.7 Å². The van der Waals surface area contributed by atoms with E-state index in [1.54, 1.807) is 7.11 Å². The molecule has 2 aromatic carbocycles. The number of fused-ring (bicyclic) bond motifs is 1. The van der Waals surface area contributed by atoms with Gasteiger partial charge in [0.25, 0.3) is 0 Å². The molecule has 0 bridgehead atoms. The molecule has 0 saturated heterocycles. The van der Waals surface area contributed by atoms with E-state index in [0.29, 0.717) is 6.54 Å². The maximum atomic E-state index is 12.4. The van der Waals surface area contributed by atoms with Crippen molar-refractivity contribution in [1.82, 2.24) is 10.2 Å². The number of benzene rings is 2. The summed E-state index contributed by atoms with van der Waals surface area (Å²) in [6.07, 6.45) is 0.967. The number of halogens is 1. The molecule has 1 unspecified atom stereocenters. The normalized spacial score (nSPS) is 15.3. The molecule has 3 rings (SSSR count).